The van der Waals surface area contributed by atoms with Gasteiger partial charge in [-0.15, -0.1) is 11.3 Å². The number of fused-ring (bicyclic) bond motifs is 1. The van der Waals surface area contributed by atoms with E-state index in [0.29, 0.717) is 32.5 Å². The zero-order valence-electron chi connectivity index (χ0n) is 14.4. The normalized spacial score (nSPS) is 18.4. The molecule has 28 heavy (non-hydrogen) atoms. The van der Waals surface area contributed by atoms with Crippen molar-refractivity contribution < 1.29 is 17.6 Å². The first-order valence-corrected chi connectivity index (χ1v) is 11.9. The average molecular weight is 460 g/mol. The highest BCUT2D eigenvalue weighted by Crippen LogP contribution is 2.33. The Morgan fingerprint density at radius 1 is 1.25 bits per heavy atom. The monoisotopic (exact) mass is 459 g/mol. The number of benzene rings is 1. The third kappa shape index (κ3) is 3.79. The Morgan fingerprint density at radius 3 is 2.82 bits per heavy atom. The minimum Gasteiger partial charge on any atom is -0.301 e. The maximum atomic E-state index is 13.4. The number of hydrogen-bond donors (Lipinski definition) is 1. The fraction of sp³-hybridized carbons (Fsp3) is 0.294. The van der Waals surface area contributed by atoms with Gasteiger partial charge in [-0.2, -0.15) is 4.31 Å². The predicted molar refractivity (Wildman–Crippen MR) is 109 cm³/mol. The fourth-order valence-corrected chi connectivity index (χ4v) is 7.31. The first-order valence-electron chi connectivity index (χ1n) is 8.49. The van der Waals surface area contributed by atoms with E-state index in [9.17, 15) is 17.6 Å². The topological polar surface area (TPSA) is 79.4 Å². The molecule has 11 heteroatoms. The Balaban J connectivity index is 1.59. The third-order valence-electron chi connectivity index (χ3n) is 4.45. The molecule has 3 heterocycles. The number of aromatic nitrogens is 1. The second kappa shape index (κ2) is 7.68. The summed E-state index contributed by atoms with van der Waals surface area (Å²) in [6, 6.07) is 6.33. The van der Waals surface area contributed by atoms with Crippen LogP contribution in [0.1, 0.15) is 19.3 Å². The van der Waals surface area contributed by atoms with Gasteiger partial charge in [0.25, 0.3) is 10.0 Å². The van der Waals surface area contributed by atoms with Gasteiger partial charge < -0.3 is 5.32 Å². The van der Waals surface area contributed by atoms with Crippen molar-refractivity contribution in [2.75, 3.05) is 11.9 Å². The molecule has 0 radical (unpaired) electrons. The molecular formula is C17H15ClFN3O3S3. The molecule has 1 aromatic carbocycles. The number of anilines is 1. The predicted octanol–water partition coefficient (Wildman–Crippen LogP) is 4.33. The van der Waals surface area contributed by atoms with Gasteiger partial charge >= 0.3 is 0 Å². The lowest BCUT2D eigenvalue weighted by Crippen LogP contribution is -2.49. The Morgan fingerprint density at radius 2 is 2.07 bits per heavy atom. The number of thiophene rings is 1. The molecule has 1 aliphatic rings. The summed E-state index contributed by atoms with van der Waals surface area (Å²) < 4.78 is 41.7. The molecular weight excluding hydrogens is 445 g/mol. The van der Waals surface area contributed by atoms with Crippen LogP contribution in [0.15, 0.2) is 34.5 Å². The van der Waals surface area contributed by atoms with E-state index < -0.39 is 22.0 Å². The van der Waals surface area contributed by atoms with Crippen molar-refractivity contribution >= 4 is 65.6 Å². The standard InChI is InChI=1S/C17H15ClFN3O3S3/c18-14-6-7-15(27-14)28(24,25)22-8-2-1-3-12(22)16(23)21-17-20-11-5-4-10(19)9-13(11)26-17/h4-7,9,12H,1-3,8H2,(H,20,21,23). The van der Waals surface area contributed by atoms with Gasteiger partial charge in [0, 0.05) is 6.54 Å². The molecule has 1 saturated heterocycles. The lowest BCUT2D eigenvalue weighted by Gasteiger charge is -2.32. The molecule has 1 atom stereocenters. The van der Waals surface area contributed by atoms with Crippen molar-refractivity contribution in [3.8, 4) is 0 Å². The number of halogens is 2. The number of carbonyl (C=O) groups is 1. The smallest absolute Gasteiger partial charge is 0.253 e. The van der Waals surface area contributed by atoms with E-state index in [1.54, 1.807) is 0 Å². The molecule has 1 aliphatic heterocycles. The Bertz CT molecular complexity index is 1140. The van der Waals surface area contributed by atoms with E-state index in [2.05, 4.69) is 10.3 Å². The van der Waals surface area contributed by atoms with Crippen LogP contribution >= 0.6 is 34.3 Å². The van der Waals surface area contributed by atoms with Gasteiger partial charge in [-0.05, 0) is 43.2 Å². The van der Waals surface area contributed by atoms with E-state index in [-0.39, 0.29) is 16.6 Å². The SMILES string of the molecule is O=C(Nc1nc2ccc(F)cc2s1)C1CCCCN1S(=O)(=O)c1ccc(Cl)s1. The molecule has 3 aromatic rings. The van der Waals surface area contributed by atoms with Crippen LogP contribution in [0.4, 0.5) is 9.52 Å². The number of nitrogens with one attached hydrogen (secondary N) is 1. The largest absolute Gasteiger partial charge is 0.301 e. The van der Waals surface area contributed by atoms with Crippen molar-refractivity contribution in [2.45, 2.75) is 29.5 Å². The van der Waals surface area contributed by atoms with Gasteiger partial charge in [-0.3, -0.25) is 4.79 Å². The maximum absolute atomic E-state index is 13.4. The maximum Gasteiger partial charge on any atom is 0.253 e. The molecule has 0 bridgehead atoms. The molecule has 148 valence electrons. The summed E-state index contributed by atoms with van der Waals surface area (Å²) in [5, 5.41) is 3.01. The van der Waals surface area contributed by atoms with Crippen LogP contribution in [0.3, 0.4) is 0 Å². The summed E-state index contributed by atoms with van der Waals surface area (Å²) in [7, 11) is -3.82. The summed E-state index contributed by atoms with van der Waals surface area (Å²) in [5.41, 5.74) is 0.572. The van der Waals surface area contributed by atoms with E-state index in [1.807, 2.05) is 0 Å². The van der Waals surface area contributed by atoms with Crippen molar-refractivity contribution in [3.63, 3.8) is 0 Å². The summed E-state index contributed by atoms with van der Waals surface area (Å²) in [6.07, 6.45) is 1.85. The molecule has 0 saturated carbocycles. The Labute approximate surface area is 174 Å². The second-order valence-electron chi connectivity index (χ2n) is 6.31. The summed E-state index contributed by atoms with van der Waals surface area (Å²) in [4.78, 5) is 17.1. The number of rotatable bonds is 4. The highest BCUT2D eigenvalue weighted by Gasteiger charge is 2.38. The van der Waals surface area contributed by atoms with Crippen LogP contribution < -0.4 is 5.32 Å². The minimum atomic E-state index is -3.82. The van der Waals surface area contributed by atoms with E-state index in [0.717, 1.165) is 29.1 Å². The molecule has 1 amide bonds. The van der Waals surface area contributed by atoms with E-state index in [4.69, 9.17) is 11.6 Å². The number of piperidine rings is 1. The van der Waals surface area contributed by atoms with Gasteiger partial charge in [0.2, 0.25) is 5.91 Å². The lowest BCUT2D eigenvalue weighted by atomic mass is 10.0. The van der Waals surface area contributed by atoms with Crippen molar-refractivity contribution in [3.05, 3.63) is 40.5 Å². The zero-order valence-corrected chi connectivity index (χ0v) is 17.6. The number of carbonyl (C=O) groups excluding carboxylic acids is 1. The molecule has 4 rings (SSSR count). The van der Waals surface area contributed by atoms with Gasteiger partial charge in [0.1, 0.15) is 16.1 Å². The quantitative estimate of drug-likeness (QED) is 0.629. The highest BCUT2D eigenvalue weighted by atomic mass is 35.5. The molecule has 1 unspecified atom stereocenters. The fourth-order valence-electron chi connectivity index (χ4n) is 3.15. The number of amides is 1. The van der Waals surface area contributed by atoms with E-state index in [1.165, 1.54) is 34.6 Å². The van der Waals surface area contributed by atoms with Gasteiger partial charge in [-0.25, -0.2) is 17.8 Å². The Hall–Kier alpha value is -1.59. The first kappa shape index (κ1) is 19.7. The van der Waals surface area contributed by atoms with Crippen molar-refractivity contribution in [1.82, 2.24) is 9.29 Å². The summed E-state index contributed by atoms with van der Waals surface area (Å²) >= 11 is 8.00. The molecule has 1 N–H and O–H groups in total. The molecule has 6 nitrogen and oxygen atoms in total. The van der Waals surface area contributed by atoms with Crippen molar-refractivity contribution in [1.29, 1.82) is 0 Å². The average Bonchev–Trinajstić information content (AvgIpc) is 3.27. The summed E-state index contributed by atoms with van der Waals surface area (Å²) in [5.74, 6) is -0.821. The second-order valence-corrected chi connectivity index (χ2v) is 11.2. The van der Waals surface area contributed by atoms with Crippen LogP contribution in [0.2, 0.25) is 4.34 Å². The number of nitrogens with zero attached hydrogens (tertiary/aromatic N) is 2. The number of hydrogen-bond acceptors (Lipinski definition) is 6. The van der Waals surface area contributed by atoms with E-state index >= 15 is 0 Å². The lowest BCUT2D eigenvalue weighted by molar-refractivity contribution is -0.120. The number of thiazole rings is 1. The molecule has 1 fully saturated rings. The van der Waals surface area contributed by atoms with Crippen LogP contribution in [0.5, 0.6) is 0 Å². The highest BCUT2D eigenvalue weighted by molar-refractivity contribution is 7.91. The van der Waals surface area contributed by atoms with Gasteiger partial charge in [0.15, 0.2) is 5.13 Å². The summed E-state index contributed by atoms with van der Waals surface area (Å²) in [6.45, 7) is 0.265. The zero-order chi connectivity index (χ0) is 19.9. The van der Waals surface area contributed by atoms with Crippen LogP contribution in [0, 0.1) is 5.82 Å². The van der Waals surface area contributed by atoms with Crippen LogP contribution in [-0.4, -0.2) is 36.2 Å². The first-order chi connectivity index (χ1) is 13.3. The van der Waals surface area contributed by atoms with Gasteiger partial charge in [-0.1, -0.05) is 29.4 Å². The van der Waals surface area contributed by atoms with Crippen molar-refractivity contribution in [2.24, 2.45) is 0 Å². The van der Waals surface area contributed by atoms with Gasteiger partial charge in [0.05, 0.1) is 14.6 Å². The number of sulfonamides is 1. The minimum absolute atomic E-state index is 0.118. The van der Waals surface area contributed by atoms with Crippen LogP contribution in [0.25, 0.3) is 10.2 Å². The Kier molecular flexibility index (Phi) is 5.41. The third-order valence-corrected chi connectivity index (χ3v) is 8.99. The molecule has 0 aliphatic carbocycles. The molecule has 2 aromatic heterocycles. The molecule has 0 spiro atoms. The van der Waals surface area contributed by atoms with Crippen LogP contribution in [-0.2, 0) is 14.8 Å².